The third-order valence-corrected chi connectivity index (χ3v) is 4.66. The van der Waals surface area contributed by atoms with Crippen molar-refractivity contribution in [1.29, 1.82) is 0 Å². The van der Waals surface area contributed by atoms with E-state index in [0.29, 0.717) is 24.3 Å². The molecular formula is C18H16N2O2. The Morgan fingerprint density at radius 3 is 2.64 bits per heavy atom. The van der Waals surface area contributed by atoms with Crippen molar-refractivity contribution in [3.05, 3.63) is 65.0 Å². The van der Waals surface area contributed by atoms with Crippen molar-refractivity contribution in [3.63, 3.8) is 0 Å². The van der Waals surface area contributed by atoms with Crippen LogP contribution in [0.25, 0.3) is 0 Å². The van der Waals surface area contributed by atoms with Crippen LogP contribution in [-0.4, -0.2) is 34.7 Å². The summed E-state index contributed by atoms with van der Waals surface area (Å²) in [6.07, 6.45) is 4.79. The minimum atomic E-state index is 0.0526. The number of nitrogens with zero attached hydrogens (tertiary/aromatic N) is 2. The Labute approximate surface area is 128 Å². The maximum Gasteiger partial charge on any atom is 0.254 e. The first-order valence-electron chi connectivity index (χ1n) is 7.58. The average molecular weight is 292 g/mol. The third kappa shape index (κ3) is 2.03. The molecule has 1 saturated heterocycles. The number of amides is 1. The Morgan fingerprint density at radius 2 is 1.86 bits per heavy atom. The second-order valence-corrected chi connectivity index (χ2v) is 5.94. The van der Waals surface area contributed by atoms with Crippen LogP contribution in [0.2, 0.25) is 0 Å². The van der Waals surface area contributed by atoms with E-state index in [-0.39, 0.29) is 11.7 Å². The van der Waals surface area contributed by atoms with Gasteiger partial charge in [-0.25, -0.2) is 0 Å². The monoisotopic (exact) mass is 292 g/mol. The maximum atomic E-state index is 12.7. The summed E-state index contributed by atoms with van der Waals surface area (Å²) in [4.78, 5) is 30.4. The van der Waals surface area contributed by atoms with Crippen LogP contribution in [0, 0.1) is 0 Å². The fourth-order valence-corrected chi connectivity index (χ4v) is 3.35. The molecule has 110 valence electrons. The lowest BCUT2D eigenvalue weighted by Crippen LogP contribution is -2.48. The number of hydrogen-bond acceptors (Lipinski definition) is 3. The van der Waals surface area contributed by atoms with Crippen LogP contribution in [0.15, 0.2) is 42.7 Å². The van der Waals surface area contributed by atoms with Crippen LogP contribution >= 0.6 is 0 Å². The summed E-state index contributed by atoms with van der Waals surface area (Å²) in [7, 11) is 0. The molecule has 2 aliphatic rings. The van der Waals surface area contributed by atoms with E-state index in [0.717, 1.165) is 24.2 Å². The predicted octanol–water partition coefficient (Wildman–Crippen LogP) is 2.45. The van der Waals surface area contributed by atoms with E-state index in [1.807, 2.05) is 35.2 Å². The maximum absolute atomic E-state index is 12.7. The second kappa shape index (κ2) is 5.05. The number of fused-ring (bicyclic) bond motifs is 1. The zero-order chi connectivity index (χ0) is 15.1. The number of ketones is 1. The number of Topliss-reactive ketones (excluding diaryl/α,β-unsaturated/α-hetero) is 1. The van der Waals surface area contributed by atoms with Gasteiger partial charge in [0.15, 0.2) is 5.78 Å². The van der Waals surface area contributed by atoms with E-state index in [1.54, 1.807) is 12.4 Å². The molecule has 1 aromatic carbocycles. The summed E-state index contributed by atoms with van der Waals surface area (Å²) in [5.74, 6) is 0.602. The zero-order valence-corrected chi connectivity index (χ0v) is 12.2. The highest BCUT2D eigenvalue weighted by molar-refractivity contribution is 6.05. The number of benzene rings is 1. The van der Waals surface area contributed by atoms with Gasteiger partial charge in [-0.3, -0.25) is 14.6 Å². The molecule has 4 heteroatoms. The van der Waals surface area contributed by atoms with Gasteiger partial charge in [-0.15, -0.1) is 0 Å². The topological polar surface area (TPSA) is 50.3 Å². The lowest BCUT2D eigenvalue weighted by molar-refractivity contribution is 0.0601. The van der Waals surface area contributed by atoms with Crippen LogP contribution in [0.5, 0.6) is 0 Å². The Hall–Kier alpha value is -2.49. The smallest absolute Gasteiger partial charge is 0.254 e. The van der Waals surface area contributed by atoms with Gasteiger partial charge in [0.05, 0.1) is 0 Å². The SMILES string of the molecule is O=C1CCc2c1cccc2C(=O)N1CC(c2ccncc2)C1. The molecule has 0 unspecified atom stereocenters. The number of hydrogen-bond donors (Lipinski definition) is 0. The molecule has 0 atom stereocenters. The number of rotatable bonds is 2. The van der Waals surface area contributed by atoms with E-state index in [4.69, 9.17) is 0 Å². The number of likely N-dealkylation sites (tertiary alicyclic amines) is 1. The summed E-state index contributed by atoms with van der Waals surface area (Å²) >= 11 is 0. The van der Waals surface area contributed by atoms with Gasteiger partial charge in [0.25, 0.3) is 5.91 Å². The van der Waals surface area contributed by atoms with Gasteiger partial charge in [0.1, 0.15) is 0 Å². The molecule has 1 aliphatic heterocycles. The van der Waals surface area contributed by atoms with Crippen LogP contribution in [0.1, 0.15) is 44.2 Å². The fourth-order valence-electron chi connectivity index (χ4n) is 3.35. The highest BCUT2D eigenvalue weighted by Gasteiger charge is 2.34. The summed E-state index contributed by atoms with van der Waals surface area (Å²) in [6, 6.07) is 9.50. The van der Waals surface area contributed by atoms with E-state index in [2.05, 4.69) is 4.98 Å². The van der Waals surface area contributed by atoms with Crippen molar-refractivity contribution < 1.29 is 9.59 Å². The summed E-state index contributed by atoms with van der Waals surface area (Å²) in [5, 5.41) is 0. The molecule has 2 heterocycles. The molecular weight excluding hydrogens is 276 g/mol. The Bertz CT molecular complexity index is 749. The number of pyridine rings is 1. The van der Waals surface area contributed by atoms with Gasteiger partial charge < -0.3 is 4.90 Å². The minimum Gasteiger partial charge on any atom is -0.337 e. The first-order chi connectivity index (χ1) is 10.7. The van der Waals surface area contributed by atoms with Crippen molar-refractivity contribution in [2.45, 2.75) is 18.8 Å². The Kier molecular flexibility index (Phi) is 3.03. The molecule has 4 rings (SSSR count). The van der Waals surface area contributed by atoms with E-state index in [1.165, 1.54) is 5.56 Å². The molecule has 1 amide bonds. The van der Waals surface area contributed by atoms with E-state index in [9.17, 15) is 9.59 Å². The summed E-state index contributed by atoms with van der Waals surface area (Å²) in [5.41, 5.74) is 3.60. The van der Waals surface area contributed by atoms with Crippen molar-refractivity contribution in [3.8, 4) is 0 Å². The summed E-state index contributed by atoms with van der Waals surface area (Å²) in [6.45, 7) is 1.47. The Balaban J connectivity index is 1.52. The van der Waals surface area contributed by atoms with Crippen molar-refractivity contribution in [2.24, 2.45) is 0 Å². The van der Waals surface area contributed by atoms with Crippen LogP contribution in [-0.2, 0) is 6.42 Å². The molecule has 0 saturated carbocycles. The molecule has 0 N–H and O–H groups in total. The fraction of sp³-hybridized carbons (Fsp3) is 0.278. The van der Waals surface area contributed by atoms with Gasteiger partial charge in [0, 0.05) is 48.9 Å². The Morgan fingerprint density at radius 1 is 1.09 bits per heavy atom. The van der Waals surface area contributed by atoms with E-state index < -0.39 is 0 Å². The van der Waals surface area contributed by atoms with Crippen molar-refractivity contribution in [1.82, 2.24) is 9.88 Å². The van der Waals surface area contributed by atoms with Gasteiger partial charge >= 0.3 is 0 Å². The number of carbonyl (C=O) groups is 2. The van der Waals surface area contributed by atoms with Crippen LogP contribution in [0.3, 0.4) is 0 Å². The van der Waals surface area contributed by atoms with Gasteiger partial charge in [-0.2, -0.15) is 0 Å². The lowest BCUT2D eigenvalue weighted by Gasteiger charge is -2.39. The molecule has 1 fully saturated rings. The standard InChI is InChI=1S/C18H16N2O2/c21-17-5-4-14-15(17)2-1-3-16(14)18(22)20-10-13(11-20)12-6-8-19-9-7-12/h1-3,6-9,13H,4-5,10-11H2. The first kappa shape index (κ1) is 13.2. The highest BCUT2D eigenvalue weighted by Crippen LogP contribution is 2.31. The van der Waals surface area contributed by atoms with Crippen LogP contribution < -0.4 is 0 Å². The van der Waals surface area contributed by atoms with Gasteiger partial charge in [0.2, 0.25) is 0 Å². The third-order valence-electron chi connectivity index (χ3n) is 4.66. The van der Waals surface area contributed by atoms with E-state index >= 15 is 0 Å². The summed E-state index contributed by atoms with van der Waals surface area (Å²) < 4.78 is 0. The second-order valence-electron chi connectivity index (χ2n) is 5.94. The predicted molar refractivity (Wildman–Crippen MR) is 82.0 cm³/mol. The number of carbonyl (C=O) groups excluding carboxylic acids is 2. The molecule has 0 bridgehead atoms. The van der Waals surface area contributed by atoms with Gasteiger partial charge in [-0.1, -0.05) is 12.1 Å². The zero-order valence-electron chi connectivity index (χ0n) is 12.2. The molecule has 4 nitrogen and oxygen atoms in total. The van der Waals surface area contributed by atoms with Crippen molar-refractivity contribution >= 4 is 11.7 Å². The highest BCUT2D eigenvalue weighted by atomic mass is 16.2. The number of aromatic nitrogens is 1. The first-order valence-corrected chi connectivity index (χ1v) is 7.58. The normalized spacial score (nSPS) is 17.3. The largest absolute Gasteiger partial charge is 0.337 e. The molecule has 1 aliphatic carbocycles. The molecule has 0 radical (unpaired) electrons. The lowest BCUT2D eigenvalue weighted by atomic mass is 9.91. The molecule has 2 aromatic rings. The molecule has 0 spiro atoms. The quantitative estimate of drug-likeness (QED) is 0.854. The van der Waals surface area contributed by atoms with Crippen LogP contribution in [0.4, 0.5) is 0 Å². The average Bonchev–Trinajstić information content (AvgIpc) is 2.88. The van der Waals surface area contributed by atoms with Crippen molar-refractivity contribution in [2.75, 3.05) is 13.1 Å². The minimum absolute atomic E-state index is 0.0526. The van der Waals surface area contributed by atoms with Gasteiger partial charge in [-0.05, 0) is 35.7 Å². The molecule has 1 aromatic heterocycles. The molecule has 22 heavy (non-hydrogen) atoms.